The first-order valence-corrected chi connectivity index (χ1v) is 6.74. The van der Waals surface area contributed by atoms with Gasteiger partial charge in [-0.05, 0) is 23.1 Å². The molecule has 0 aliphatic rings. The molecule has 0 atom stereocenters. The molecule has 0 aromatic heterocycles. The van der Waals surface area contributed by atoms with Crippen molar-refractivity contribution < 1.29 is 4.65 Å². The molecule has 0 aliphatic heterocycles. The summed E-state index contributed by atoms with van der Waals surface area (Å²) >= 11 is 3.26. The van der Waals surface area contributed by atoms with Gasteiger partial charge in [0.15, 0.2) is 0 Å². The predicted octanol–water partition coefficient (Wildman–Crippen LogP) is 2.02. The summed E-state index contributed by atoms with van der Waals surface area (Å²) in [5.74, 6) is 0.999. The van der Waals surface area contributed by atoms with E-state index in [1.54, 1.807) is 28.1 Å². The van der Waals surface area contributed by atoms with Gasteiger partial charge in [-0.15, -0.1) is 0 Å². The molecular formula is C4H10BBrOS2. The molecule has 0 saturated carbocycles. The summed E-state index contributed by atoms with van der Waals surface area (Å²) in [7, 11) is 5.08. The monoisotopic (exact) mass is 228 g/mol. The summed E-state index contributed by atoms with van der Waals surface area (Å²) in [6, 6.07) is 0. The molecule has 5 heteroatoms. The van der Waals surface area contributed by atoms with Crippen molar-refractivity contribution in [3.05, 3.63) is 0 Å². The van der Waals surface area contributed by atoms with E-state index in [9.17, 15) is 0 Å². The molecule has 1 nitrogen and oxygen atoms in total. The minimum atomic E-state index is 0.00539. The molecule has 0 spiro atoms. The smallest absolute Gasteiger partial charge is 0.258 e. The van der Waals surface area contributed by atoms with Crippen LogP contribution in [-0.4, -0.2) is 19.4 Å². The number of hydrogen-bond donors (Lipinski definition) is 0. The number of halogens is 1. The first-order chi connectivity index (χ1) is 4.12. The summed E-state index contributed by atoms with van der Waals surface area (Å²) in [6.45, 7) is 4.15. The molecule has 9 heavy (non-hydrogen) atoms. The highest BCUT2D eigenvalue weighted by Crippen LogP contribution is 2.31. The van der Waals surface area contributed by atoms with Gasteiger partial charge in [-0.3, -0.25) is 0 Å². The minimum absolute atomic E-state index is 0.00539. The van der Waals surface area contributed by atoms with E-state index in [2.05, 4.69) is 28.7 Å². The van der Waals surface area contributed by atoms with Crippen molar-refractivity contribution in [1.29, 1.82) is 0 Å². The Morgan fingerprint density at radius 1 is 1.67 bits per heavy atom. The lowest BCUT2D eigenvalue weighted by atomic mass is 10.2. The highest BCUT2D eigenvalue weighted by molar-refractivity contribution is 9.60. The van der Waals surface area contributed by atoms with Gasteiger partial charge in [0.05, 0.1) is 5.60 Å². The van der Waals surface area contributed by atoms with Crippen LogP contribution in [0.4, 0.5) is 0 Å². The second-order valence-corrected chi connectivity index (χ2v) is 6.40. The third kappa shape index (κ3) is 5.64. The van der Waals surface area contributed by atoms with Gasteiger partial charge in [-0.2, -0.15) is 0 Å². The van der Waals surface area contributed by atoms with Crippen LogP contribution in [0.5, 0.6) is 0 Å². The van der Waals surface area contributed by atoms with Crippen LogP contribution < -0.4 is 0 Å². The topological polar surface area (TPSA) is 9.23 Å². The summed E-state index contributed by atoms with van der Waals surface area (Å²) in [5.41, 5.74) is 0.00539. The van der Waals surface area contributed by atoms with Crippen LogP contribution in [0, 0.1) is 0 Å². The fraction of sp³-hybridized carbons (Fsp3) is 1.00. The van der Waals surface area contributed by atoms with E-state index >= 15 is 0 Å². The van der Waals surface area contributed by atoms with Crippen molar-refractivity contribution in [1.82, 2.24) is 0 Å². The van der Waals surface area contributed by atoms with E-state index in [-0.39, 0.29) is 5.60 Å². The normalized spacial score (nSPS) is 11.9. The third-order valence-corrected chi connectivity index (χ3v) is 4.21. The van der Waals surface area contributed by atoms with Crippen molar-refractivity contribution >= 4 is 42.9 Å². The fourth-order valence-corrected chi connectivity index (χ4v) is 2.50. The second kappa shape index (κ2) is 4.94. The molecule has 0 aromatic rings. The Kier molecular flexibility index (Phi) is 5.60. The summed E-state index contributed by atoms with van der Waals surface area (Å²) in [5, 5.41) is 0. The lowest BCUT2D eigenvalue weighted by Crippen LogP contribution is -2.25. The van der Waals surface area contributed by atoms with Gasteiger partial charge in [0.25, 0.3) is 8.05 Å². The van der Waals surface area contributed by atoms with Gasteiger partial charge < -0.3 is 4.65 Å². The Morgan fingerprint density at radius 2 is 2.22 bits per heavy atom. The Morgan fingerprint density at radius 3 is 2.56 bits per heavy atom. The SMILES string of the molecule is BOC(C)(C)CSSBr. The molecule has 0 amide bonds. The molecule has 54 valence electrons. The van der Waals surface area contributed by atoms with Crippen LogP contribution in [-0.2, 0) is 4.65 Å². The predicted molar refractivity (Wildman–Crippen MR) is 52.7 cm³/mol. The molecule has 0 fully saturated rings. The first kappa shape index (κ1) is 10.2. The second-order valence-electron chi connectivity index (χ2n) is 2.29. The zero-order valence-corrected chi connectivity index (χ0v) is 9.03. The third-order valence-electron chi connectivity index (χ3n) is 1.00. The average Bonchev–Trinajstić information content (AvgIpc) is 1.84. The lowest BCUT2D eigenvalue weighted by Gasteiger charge is -2.21. The summed E-state index contributed by atoms with van der Waals surface area (Å²) in [4.78, 5) is 0. The van der Waals surface area contributed by atoms with Crippen molar-refractivity contribution in [2.24, 2.45) is 0 Å². The highest BCUT2D eigenvalue weighted by atomic mass is 79.9. The van der Waals surface area contributed by atoms with Crippen molar-refractivity contribution in [3.63, 3.8) is 0 Å². The quantitative estimate of drug-likeness (QED) is 0.539. The Bertz CT molecular complexity index is 81.0. The molecule has 0 N–H and O–H groups in total. The Labute approximate surface area is 72.7 Å². The zero-order chi connectivity index (χ0) is 7.33. The standard InChI is InChI=1S/C4H10BBrOS2/c1-4(2,7-5)3-8-9-6/h3,5H2,1-2H3. The summed E-state index contributed by atoms with van der Waals surface area (Å²) < 4.78 is 5.18. The molecule has 0 bridgehead atoms. The first-order valence-electron chi connectivity index (χ1n) is 2.58. The van der Waals surface area contributed by atoms with Crippen molar-refractivity contribution in [3.8, 4) is 0 Å². The maximum atomic E-state index is 5.18. The van der Waals surface area contributed by atoms with Gasteiger partial charge in [0.1, 0.15) is 0 Å². The number of rotatable bonds is 4. The highest BCUT2D eigenvalue weighted by Gasteiger charge is 2.14. The molecule has 0 rings (SSSR count). The zero-order valence-electron chi connectivity index (χ0n) is 5.81. The van der Waals surface area contributed by atoms with Crippen LogP contribution in [0.15, 0.2) is 0 Å². The molecule has 0 heterocycles. The van der Waals surface area contributed by atoms with E-state index < -0.39 is 0 Å². The van der Waals surface area contributed by atoms with E-state index in [0.717, 1.165) is 5.75 Å². The maximum Gasteiger partial charge on any atom is 0.258 e. The van der Waals surface area contributed by atoms with Crippen LogP contribution in [0.2, 0.25) is 0 Å². The van der Waals surface area contributed by atoms with Crippen LogP contribution >= 0.6 is 34.8 Å². The van der Waals surface area contributed by atoms with Gasteiger partial charge in [0, 0.05) is 20.6 Å². The van der Waals surface area contributed by atoms with Crippen molar-refractivity contribution in [2.75, 3.05) is 5.75 Å². The number of hydrogen-bond acceptors (Lipinski definition) is 3. The minimum Gasteiger partial charge on any atom is -0.438 e. The van der Waals surface area contributed by atoms with E-state index in [1.807, 2.05) is 0 Å². The molecule has 0 aliphatic carbocycles. The Balaban J connectivity index is 3.33. The van der Waals surface area contributed by atoms with E-state index in [4.69, 9.17) is 4.65 Å². The largest absolute Gasteiger partial charge is 0.438 e. The van der Waals surface area contributed by atoms with Crippen LogP contribution in [0.25, 0.3) is 0 Å². The van der Waals surface area contributed by atoms with Crippen molar-refractivity contribution in [2.45, 2.75) is 19.4 Å². The van der Waals surface area contributed by atoms with Gasteiger partial charge in [-0.25, -0.2) is 0 Å². The molecule has 0 saturated heterocycles. The van der Waals surface area contributed by atoms with Gasteiger partial charge in [-0.1, -0.05) is 10.8 Å². The van der Waals surface area contributed by atoms with Crippen LogP contribution in [0.1, 0.15) is 13.8 Å². The van der Waals surface area contributed by atoms with Gasteiger partial charge >= 0.3 is 0 Å². The molecular weight excluding hydrogens is 219 g/mol. The Hall–Kier alpha value is 1.20. The fourth-order valence-electron chi connectivity index (χ4n) is 0.223. The molecule has 0 radical (unpaired) electrons. The van der Waals surface area contributed by atoms with E-state index in [0.29, 0.717) is 0 Å². The molecule has 0 aromatic carbocycles. The average molecular weight is 229 g/mol. The van der Waals surface area contributed by atoms with Crippen LogP contribution in [0.3, 0.4) is 0 Å². The summed E-state index contributed by atoms with van der Waals surface area (Å²) in [6.07, 6.45) is 0. The lowest BCUT2D eigenvalue weighted by molar-refractivity contribution is 0.152. The van der Waals surface area contributed by atoms with Gasteiger partial charge in [0.2, 0.25) is 0 Å². The molecule has 0 unspecified atom stereocenters. The van der Waals surface area contributed by atoms with E-state index in [1.165, 1.54) is 0 Å². The maximum absolute atomic E-state index is 5.18.